The molecule has 2 heterocycles. The van der Waals surface area contributed by atoms with Crippen LogP contribution in [0.4, 0.5) is 4.39 Å². The SMILES string of the molecule is CCOC(=O)c1nc2ccnn2c(O)c1Cc1ccc(Cl)c(F)c1. The van der Waals surface area contributed by atoms with Crippen molar-refractivity contribution < 1.29 is 19.0 Å². The number of benzene rings is 1. The van der Waals surface area contributed by atoms with Gasteiger partial charge >= 0.3 is 5.97 Å². The van der Waals surface area contributed by atoms with Crippen LogP contribution in [0.2, 0.25) is 5.02 Å². The zero-order chi connectivity index (χ0) is 17.3. The van der Waals surface area contributed by atoms with E-state index in [2.05, 4.69) is 10.1 Å². The number of carbonyl (C=O) groups excluding carboxylic acids is 1. The van der Waals surface area contributed by atoms with E-state index < -0.39 is 11.8 Å². The van der Waals surface area contributed by atoms with Crippen molar-refractivity contribution in [2.75, 3.05) is 6.61 Å². The number of aromatic nitrogens is 3. The third kappa shape index (κ3) is 2.90. The van der Waals surface area contributed by atoms with Crippen LogP contribution < -0.4 is 0 Å². The Labute approximate surface area is 141 Å². The molecular formula is C16H13ClFN3O3. The van der Waals surface area contributed by atoms with Gasteiger partial charge in [0.1, 0.15) is 5.82 Å². The Morgan fingerprint density at radius 1 is 1.42 bits per heavy atom. The number of esters is 1. The van der Waals surface area contributed by atoms with Crippen LogP contribution in [-0.4, -0.2) is 32.3 Å². The summed E-state index contributed by atoms with van der Waals surface area (Å²) >= 11 is 5.68. The molecule has 1 aromatic carbocycles. The first kappa shape index (κ1) is 16.2. The van der Waals surface area contributed by atoms with Crippen LogP contribution in [0.3, 0.4) is 0 Å². The van der Waals surface area contributed by atoms with E-state index in [0.717, 1.165) is 0 Å². The lowest BCUT2D eigenvalue weighted by Gasteiger charge is -2.11. The second kappa shape index (κ2) is 6.45. The molecule has 1 N–H and O–H groups in total. The molecule has 2 aromatic heterocycles. The van der Waals surface area contributed by atoms with E-state index in [0.29, 0.717) is 11.2 Å². The Morgan fingerprint density at radius 3 is 2.92 bits per heavy atom. The minimum atomic E-state index is -0.666. The number of hydrogen-bond acceptors (Lipinski definition) is 5. The van der Waals surface area contributed by atoms with Crippen molar-refractivity contribution in [1.29, 1.82) is 0 Å². The maximum Gasteiger partial charge on any atom is 0.357 e. The van der Waals surface area contributed by atoms with Crippen molar-refractivity contribution >= 4 is 23.2 Å². The lowest BCUT2D eigenvalue weighted by Crippen LogP contribution is -2.13. The number of rotatable bonds is 4. The van der Waals surface area contributed by atoms with E-state index >= 15 is 0 Å². The average molecular weight is 350 g/mol. The molecule has 6 nitrogen and oxygen atoms in total. The summed E-state index contributed by atoms with van der Waals surface area (Å²) in [5.74, 6) is -1.50. The molecule has 0 unspecified atom stereocenters. The second-order valence-electron chi connectivity index (χ2n) is 5.01. The topological polar surface area (TPSA) is 76.7 Å². The van der Waals surface area contributed by atoms with E-state index in [4.69, 9.17) is 16.3 Å². The fraction of sp³-hybridized carbons (Fsp3) is 0.188. The van der Waals surface area contributed by atoms with Crippen molar-refractivity contribution in [3.05, 3.63) is 58.1 Å². The van der Waals surface area contributed by atoms with Gasteiger partial charge in [-0.1, -0.05) is 17.7 Å². The first-order valence-electron chi connectivity index (χ1n) is 7.18. The standard InChI is InChI=1S/C16H13ClFN3O3/c1-2-24-16(23)14-10(7-9-3-4-11(17)12(18)8-9)15(22)21-13(20-14)5-6-19-21/h3-6,8,22H,2,7H2,1H3. The number of halogens is 2. The maximum atomic E-state index is 13.6. The minimum absolute atomic E-state index is 0.00533. The lowest BCUT2D eigenvalue weighted by atomic mass is 10.0. The second-order valence-corrected chi connectivity index (χ2v) is 5.42. The van der Waals surface area contributed by atoms with Crippen molar-refractivity contribution in [2.45, 2.75) is 13.3 Å². The molecule has 0 aliphatic carbocycles. The number of aromatic hydroxyl groups is 1. The zero-order valence-corrected chi connectivity index (χ0v) is 13.4. The number of fused-ring (bicyclic) bond motifs is 1. The van der Waals surface area contributed by atoms with Crippen molar-refractivity contribution in [1.82, 2.24) is 14.6 Å². The van der Waals surface area contributed by atoms with Crippen molar-refractivity contribution in [3.8, 4) is 5.88 Å². The lowest BCUT2D eigenvalue weighted by molar-refractivity contribution is 0.0517. The molecule has 0 atom stereocenters. The summed E-state index contributed by atoms with van der Waals surface area (Å²) in [6, 6.07) is 5.80. The highest BCUT2D eigenvalue weighted by Gasteiger charge is 2.22. The van der Waals surface area contributed by atoms with Gasteiger partial charge in [-0.2, -0.15) is 9.61 Å². The predicted octanol–water partition coefficient (Wildman–Crippen LogP) is 2.99. The van der Waals surface area contributed by atoms with Gasteiger partial charge in [-0.3, -0.25) is 0 Å². The van der Waals surface area contributed by atoms with Crippen LogP contribution in [0.25, 0.3) is 5.65 Å². The van der Waals surface area contributed by atoms with Gasteiger partial charge < -0.3 is 9.84 Å². The highest BCUT2D eigenvalue weighted by Crippen LogP contribution is 2.26. The number of ether oxygens (including phenoxy) is 1. The third-order valence-corrected chi connectivity index (χ3v) is 3.75. The Bertz CT molecular complexity index is 926. The number of nitrogens with zero attached hydrogens (tertiary/aromatic N) is 3. The highest BCUT2D eigenvalue weighted by atomic mass is 35.5. The number of carbonyl (C=O) groups is 1. The average Bonchev–Trinajstić information content (AvgIpc) is 3.02. The molecule has 8 heteroatoms. The van der Waals surface area contributed by atoms with E-state index in [-0.39, 0.29) is 35.2 Å². The molecule has 0 saturated heterocycles. The molecule has 0 fully saturated rings. The molecule has 3 aromatic rings. The van der Waals surface area contributed by atoms with Crippen LogP contribution in [0.15, 0.2) is 30.5 Å². The quantitative estimate of drug-likeness (QED) is 0.733. The summed E-state index contributed by atoms with van der Waals surface area (Å²) < 4.78 is 19.8. The monoisotopic (exact) mass is 349 g/mol. The summed E-state index contributed by atoms with van der Waals surface area (Å²) in [5, 5.41) is 14.4. The molecule has 0 bridgehead atoms. The van der Waals surface area contributed by atoms with Crippen molar-refractivity contribution in [3.63, 3.8) is 0 Å². The fourth-order valence-corrected chi connectivity index (χ4v) is 2.46. The Balaban J connectivity index is 2.12. The Morgan fingerprint density at radius 2 is 2.21 bits per heavy atom. The normalized spacial score (nSPS) is 11.0. The van der Waals surface area contributed by atoms with Gasteiger partial charge in [0.15, 0.2) is 11.3 Å². The van der Waals surface area contributed by atoms with Gasteiger partial charge in [-0.05, 0) is 24.6 Å². The molecular weight excluding hydrogens is 337 g/mol. The number of hydrogen-bond donors (Lipinski definition) is 1. The van der Waals surface area contributed by atoms with E-state index in [9.17, 15) is 14.3 Å². The summed E-state index contributed by atoms with van der Waals surface area (Å²) in [5.41, 5.74) is 0.997. The van der Waals surface area contributed by atoms with Crippen molar-refractivity contribution in [2.24, 2.45) is 0 Å². The first-order chi connectivity index (χ1) is 11.5. The third-order valence-electron chi connectivity index (χ3n) is 3.44. The maximum absolute atomic E-state index is 13.6. The fourth-order valence-electron chi connectivity index (χ4n) is 2.34. The Hall–Kier alpha value is -2.67. The minimum Gasteiger partial charge on any atom is -0.493 e. The van der Waals surface area contributed by atoms with Crippen LogP contribution in [0, 0.1) is 5.82 Å². The Kier molecular flexibility index (Phi) is 4.35. The first-order valence-corrected chi connectivity index (χ1v) is 7.55. The van der Waals surface area contributed by atoms with Gasteiger partial charge in [0.25, 0.3) is 0 Å². The van der Waals surface area contributed by atoms with Gasteiger partial charge in [0.05, 0.1) is 23.4 Å². The van der Waals surface area contributed by atoms with Crippen LogP contribution in [0.5, 0.6) is 5.88 Å². The van der Waals surface area contributed by atoms with Crippen LogP contribution >= 0.6 is 11.6 Å². The molecule has 0 radical (unpaired) electrons. The molecule has 3 rings (SSSR count). The largest absolute Gasteiger partial charge is 0.493 e. The molecule has 0 saturated carbocycles. The molecule has 0 amide bonds. The van der Waals surface area contributed by atoms with Crippen LogP contribution in [0.1, 0.15) is 28.5 Å². The summed E-state index contributed by atoms with van der Waals surface area (Å²) in [6.45, 7) is 1.84. The van der Waals surface area contributed by atoms with E-state index in [1.807, 2.05) is 0 Å². The van der Waals surface area contributed by atoms with E-state index in [1.165, 1.54) is 22.8 Å². The molecule has 24 heavy (non-hydrogen) atoms. The van der Waals surface area contributed by atoms with Crippen LogP contribution in [-0.2, 0) is 11.2 Å². The summed E-state index contributed by atoms with van der Waals surface area (Å²) in [7, 11) is 0. The van der Waals surface area contributed by atoms with E-state index in [1.54, 1.807) is 19.1 Å². The summed E-state index contributed by atoms with van der Waals surface area (Å²) in [4.78, 5) is 16.4. The highest BCUT2D eigenvalue weighted by molar-refractivity contribution is 6.30. The van der Waals surface area contributed by atoms with Gasteiger partial charge in [-0.25, -0.2) is 14.2 Å². The van der Waals surface area contributed by atoms with Gasteiger partial charge in [0.2, 0.25) is 5.88 Å². The summed E-state index contributed by atoms with van der Waals surface area (Å²) in [6.07, 6.45) is 1.51. The molecule has 0 aliphatic rings. The van der Waals surface area contributed by atoms with Gasteiger partial charge in [0, 0.05) is 12.5 Å². The predicted molar refractivity (Wildman–Crippen MR) is 84.8 cm³/mol. The van der Waals surface area contributed by atoms with Gasteiger partial charge in [-0.15, -0.1) is 0 Å². The molecule has 124 valence electrons. The molecule has 0 spiro atoms. The zero-order valence-electron chi connectivity index (χ0n) is 12.7. The molecule has 0 aliphatic heterocycles. The smallest absolute Gasteiger partial charge is 0.357 e.